The van der Waals surface area contributed by atoms with Crippen LogP contribution in [0.3, 0.4) is 0 Å². The molecular formula is C45H52Cl2N12O6S. The molecule has 10 rings (SSSR count). The minimum Gasteiger partial charge on any atom is -0.488 e. The number of carbonyl (C=O) groups is 2. The fraction of sp³-hybridized carbons (Fsp3) is 0.422. The third kappa shape index (κ3) is 10.00. The van der Waals surface area contributed by atoms with Gasteiger partial charge < -0.3 is 35.2 Å². The molecule has 2 amide bonds. The molecule has 348 valence electrons. The zero-order valence-electron chi connectivity index (χ0n) is 36.9. The van der Waals surface area contributed by atoms with Crippen molar-refractivity contribution < 1.29 is 27.5 Å². The number of ether oxygens (including phenoxy) is 2. The first kappa shape index (κ1) is 45.4. The van der Waals surface area contributed by atoms with Crippen molar-refractivity contribution in [3.8, 4) is 34.0 Å². The minimum atomic E-state index is -3.17. The third-order valence-electron chi connectivity index (χ3n) is 12.7. The average Bonchev–Trinajstić information content (AvgIpc) is 4.14. The molecule has 0 saturated carbocycles. The largest absolute Gasteiger partial charge is 0.488 e. The lowest BCUT2D eigenvalue weighted by Gasteiger charge is -2.34. The summed E-state index contributed by atoms with van der Waals surface area (Å²) in [6.07, 6.45) is 12.5. The molecule has 0 spiro atoms. The number of hydrogen-bond acceptors (Lipinski definition) is 13. The smallest absolute Gasteiger partial charge is 0.220 e. The summed E-state index contributed by atoms with van der Waals surface area (Å²) in [6, 6.07) is 11.9. The van der Waals surface area contributed by atoms with Crippen LogP contribution in [-0.4, -0.2) is 138 Å². The van der Waals surface area contributed by atoms with E-state index in [1.807, 2.05) is 62.8 Å². The Balaban J connectivity index is 0.000000167. The lowest BCUT2D eigenvalue weighted by Crippen LogP contribution is -2.48. The van der Waals surface area contributed by atoms with E-state index in [0.717, 1.165) is 60.1 Å². The molecule has 21 heteroatoms. The predicted octanol–water partition coefficient (Wildman–Crippen LogP) is 4.40. The van der Waals surface area contributed by atoms with Gasteiger partial charge in [0, 0.05) is 114 Å². The lowest BCUT2D eigenvalue weighted by molar-refractivity contribution is -0.120. The van der Waals surface area contributed by atoms with Gasteiger partial charge in [-0.2, -0.15) is 14.5 Å². The number of rotatable bonds is 11. The minimum absolute atomic E-state index is 0.0359. The first-order valence-electron chi connectivity index (χ1n) is 22.1. The van der Waals surface area contributed by atoms with Crippen molar-refractivity contribution in [3.05, 3.63) is 83.6 Å². The summed E-state index contributed by atoms with van der Waals surface area (Å²) in [5.74, 6) is 1.52. The number of nitrogens with one attached hydrogen (secondary N) is 3. The van der Waals surface area contributed by atoms with Crippen LogP contribution in [-0.2, 0) is 19.6 Å². The summed E-state index contributed by atoms with van der Waals surface area (Å²) in [6.45, 7) is 11.2. The number of pyridine rings is 4. The molecule has 18 nitrogen and oxygen atoms in total. The van der Waals surface area contributed by atoms with Crippen LogP contribution in [0.4, 0.5) is 11.4 Å². The fourth-order valence-electron chi connectivity index (χ4n) is 8.76. The Bertz CT molecular complexity index is 2830. The molecule has 10 heterocycles. The van der Waals surface area contributed by atoms with Gasteiger partial charge in [-0.3, -0.25) is 19.6 Å². The van der Waals surface area contributed by atoms with Crippen LogP contribution in [0.25, 0.3) is 33.5 Å². The van der Waals surface area contributed by atoms with Crippen molar-refractivity contribution >= 4 is 67.4 Å². The van der Waals surface area contributed by atoms with Gasteiger partial charge in [-0.25, -0.2) is 17.4 Å². The third-order valence-corrected chi connectivity index (χ3v) is 14.5. The quantitative estimate of drug-likeness (QED) is 0.166. The number of anilines is 2. The fourth-order valence-corrected chi connectivity index (χ4v) is 10.0. The highest BCUT2D eigenvalue weighted by Crippen LogP contribution is 2.36. The summed E-state index contributed by atoms with van der Waals surface area (Å²) in [7, 11) is -3.17. The second kappa shape index (κ2) is 19.2. The van der Waals surface area contributed by atoms with Crippen LogP contribution in [0.5, 0.6) is 11.5 Å². The van der Waals surface area contributed by atoms with Crippen LogP contribution >= 0.6 is 23.2 Å². The molecule has 4 aliphatic rings. The molecule has 0 aromatic carbocycles. The molecular weight excluding hydrogens is 908 g/mol. The second-order valence-electron chi connectivity index (χ2n) is 17.1. The van der Waals surface area contributed by atoms with E-state index in [-0.39, 0.29) is 35.9 Å². The van der Waals surface area contributed by atoms with E-state index in [9.17, 15) is 18.0 Å². The normalized spacial score (nSPS) is 20.2. The molecule has 3 N–H and O–H groups in total. The Morgan fingerprint density at radius 3 is 1.52 bits per heavy atom. The van der Waals surface area contributed by atoms with Crippen LogP contribution in [0.2, 0.25) is 10.0 Å². The summed E-state index contributed by atoms with van der Waals surface area (Å²) < 4.78 is 41.0. The lowest BCUT2D eigenvalue weighted by atomic mass is 10.0. The maximum absolute atomic E-state index is 11.8. The summed E-state index contributed by atoms with van der Waals surface area (Å²) in [5, 5.41) is 18.8. The predicted molar refractivity (Wildman–Crippen MR) is 253 cm³/mol. The molecule has 0 radical (unpaired) electrons. The summed E-state index contributed by atoms with van der Waals surface area (Å²) in [4.78, 5) is 37.0. The van der Waals surface area contributed by atoms with E-state index in [4.69, 9.17) is 37.7 Å². The Morgan fingerprint density at radius 2 is 1.12 bits per heavy atom. The van der Waals surface area contributed by atoms with Crippen LogP contribution < -0.4 is 35.2 Å². The Labute approximate surface area is 392 Å². The van der Waals surface area contributed by atoms with Gasteiger partial charge in [-0.05, 0) is 50.2 Å². The van der Waals surface area contributed by atoms with Crippen LogP contribution in [0, 0.1) is 11.8 Å². The van der Waals surface area contributed by atoms with E-state index >= 15 is 0 Å². The number of halogens is 2. The zero-order chi connectivity index (χ0) is 46.1. The van der Waals surface area contributed by atoms with Gasteiger partial charge in [0.1, 0.15) is 34.7 Å². The van der Waals surface area contributed by atoms with Crippen molar-refractivity contribution in [1.29, 1.82) is 0 Å². The molecule has 4 atom stereocenters. The molecule has 66 heavy (non-hydrogen) atoms. The number of piperazine rings is 2. The maximum atomic E-state index is 11.8. The van der Waals surface area contributed by atoms with E-state index in [1.54, 1.807) is 27.6 Å². The number of sulfonamides is 1. The number of hydrogen-bond donors (Lipinski definition) is 3. The average molecular weight is 960 g/mol. The van der Waals surface area contributed by atoms with E-state index in [0.29, 0.717) is 84.7 Å². The number of nitrogens with zero attached hydrogens (tertiary/aromatic N) is 9. The van der Waals surface area contributed by atoms with Crippen molar-refractivity contribution in [3.63, 3.8) is 0 Å². The van der Waals surface area contributed by atoms with E-state index in [1.165, 1.54) is 10.6 Å². The number of amides is 2. The Kier molecular flexibility index (Phi) is 13.2. The van der Waals surface area contributed by atoms with Crippen molar-refractivity contribution in [2.75, 3.05) is 81.5 Å². The monoisotopic (exact) mass is 958 g/mol. The highest BCUT2D eigenvalue weighted by atomic mass is 35.5. The van der Waals surface area contributed by atoms with Gasteiger partial charge in [0.2, 0.25) is 21.8 Å². The van der Waals surface area contributed by atoms with Gasteiger partial charge in [-0.1, -0.05) is 23.2 Å². The highest BCUT2D eigenvalue weighted by Gasteiger charge is 2.31. The highest BCUT2D eigenvalue weighted by molar-refractivity contribution is 7.88. The molecule has 4 aliphatic heterocycles. The summed E-state index contributed by atoms with van der Waals surface area (Å²) >= 11 is 12.8. The van der Waals surface area contributed by atoms with Gasteiger partial charge in [-0.15, -0.1) is 0 Å². The SMILES string of the molecule is C[C@@H](Oc1cc(-c2ccc(N3CCN(S(C)(=O)=O)CC3)cn2)cn2ncc(Cl)c12)[C@H]1CNC(=O)C1.C[C@@H](Oc1cc(-c2ccc(N3CCNCC3)cn2)cn2ncc(Cl)c12)[C@H]1CNC(=O)C1. The molecule has 6 aromatic rings. The van der Waals surface area contributed by atoms with Crippen LogP contribution in [0.15, 0.2) is 73.6 Å². The van der Waals surface area contributed by atoms with Gasteiger partial charge in [0.05, 0.1) is 63.9 Å². The second-order valence-corrected chi connectivity index (χ2v) is 19.9. The van der Waals surface area contributed by atoms with Gasteiger partial charge in [0.25, 0.3) is 0 Å². The number of carbonyl (C=O) groups excluding carboxylic acids is 2. The molecule has 6 aromatic heterocycles. The van der Waals surface area contributed by atoms with E-state index in [2.05, 4.69) is 47.0 Å². The molecule has 0 bridgehead atoms. The van der Waals surface area contributed by atoms with Gasteiger partial charge >= 0.3 is 0 Å². The van der Waals surface area contributed by atoms with E-state index < -0.39 is 10.0 Å². The molecule has 0 aliphatic carbocycles. The first-order valence-corrected chi connectivity index (χ1v) is 24.7. The van der Waals surface area contributed by atoms with Crippen molar-refractivity contribution in [1.82, 2.24) is 49.5 Å². The van der Waals surface area contributed by atoms with Gasteiger partial charge in [0.15, 0.2) is 0 Å². The van der Waals surface area contributed by atoms with Crippen molar-refractivity contribution in [2.45, 2.75) is 38.9 Å². The zero-order valence-corrected chi connectivity index (χ0v) is 39.2. The first-order chi connectivity index (χ1) is 31.8. The summed E-state index contributed by atoms with van der Waals surface area (Å²) in [5.41, 5.74) is 6.72. The molecule has 4 fully saturated rings. The number of fused-ring (bicyclic) bond motifs is 2. The van der Waals surface area contributed by atoms with Crippen molar-refractivity contribution in [2.24, 2.45) is 11.8 Å². The number of aromatic nitrogens is 6. The Hall–Kier alpha value is -5.73. The maximum Gasteiger partial charge on any atom is 0.220 e. The standard InChI is InChI=1S/C23H27ClN6O4S.C22H25ClN6O2/c1-15(16-10-22(31)26-11-16)34-21-9-17(14-30-23(21)19(24)13-27-30)20-4-3-18(12-25-20)28-5-7-29(8-6-28)35(2,32)33;1-14(15-9-21(30)26-10-15)31-20-8-16(13-29-22(20)18(23)12-27-29)19-3-2-17(11-25-19)28-6-4-24-5-7-28/h3-4,9,12-16H,5-8,10-11H2,1-2H3,(H,26,31);2-3,8,11-15,24H,4-7,9-10H2,1H3,(H,26,30)/t15-,16-;14-,15-/m11/s1. The Morgan fingerprint density at radius 1 is 0.667 bits per heavy atom. The molecule has 4 saturated heterocycles. The molecule has 0 unspecified atom stereocenters. The topological polar surface area (TPSA) is 193 Å². The van der Waals surface area contributed by atoms with Crippen LogP contribution in [0.1, 0.15) is 26.7 Å².